The zero-order chi connectivity index (χ0) is 18.3. The smallest absolute Gasteiger partial charge is 0.207 e. The Kier molecular flexibility index (Phi) is 6.45. The van der Waals surface area contributed by atoms with Crippen molar-refractivity contribution in [2.24, 2.45) is 0 Å². The molecule has 0 aliphatic rings. The lowest BCUT2D eigenvalue weighted by Gasteiger charge is -2.17. The first-order valence-corrected chi connectivity index (χ1v) is 9.85. The van der Waals surface area contributed by atoms with Crippen LogP contribution in [0.15, 0.2) is 39.9 Å². The summed E-state index contributed by atoms with van der Waals surface area (Å²) in [4.78, 5) is 0.234. The molecule has 3 nitrogen and oxygen atoms in total. The highest BCUT2D eigenvalue weighted by Gasteiger charge is 2.22. The molecule has 1 aromatic carbocycles. The van der Waals surface area contributed by atoms with Gasteiger partial charge in [-0.3, -0.25) is 0 Å². The summed E-state index contributed by atoms with van der Waals surface area (Å²) in [5, 5.41) is 3.69. The second kappa shape index (κ2) is 8.56. The van der Waals surface area contributed by atoms with E-state index in [1.165, 1.54) is 15.6 Å². The van der Waals surface area contributed by atoms with E-state index < -0.39 is 10.0 Å². The van der Waals surface area contributed by atoms with Crippen molar-refractivity contribution in [3.05, 3.63) is 51.7 Å². The minimum absolute atomic E-state index is 0.0464. The molecule has 0 bridgehead atoms. The number of aryl methyl sites for hydroxylation is 1. The third-order valence-corrected chi connectivity index (χ3v) is 5.94. The van der Waals surface area contributed by atoms with Gasteiger partial charge in [-0.1, -0.05) is 41.4 Å². The Morgan fingerprint density at radius 3 is 2.36 bits per heavy atom. The quantitative estimate of drug-likeness (QED) is 0.779. The van der Waals surface area contributed by atoms with E-state index in [1.807, 2.05) is 17.7 Å². The molecule has 2 rings (SSSR count). The standard InChI is InChI=1S/C20H17NO2S2/c1-4-6-13-21(14-7-8-19-16-24-15-18(19)5-2)25(22,23)20-11-9-17(3)10-12-20/h2,9-12,15-16H,13-14H2,1,3H3. The van der Waals surface area contributed by atoms with Gasteiger partial charge in [0.15, 0.2) is 0 Å². The highest BCUT2D eigenvalue weighted by molar-refractivity contribution is 7.89. The predicted octanol–water partition coefficient (Wildman–Crippen LogP) is 3.10. The second-order valence-electron chi connectivity index (χ2n) is 5.16. The van der Waals surface area contributed by atoms with Crippen molar-refractivity contribution in [1.82, 2.24) is 4.31 Å². The van der Waals surface area contributed by atoms with E-state index >= 15 is 0 Å². The molecule has 1 heterocycles. The normalized spacial score (nSPS) is 10.3. The van der Waals surface area contributed by atoms with E-state index in [9.17, 15) is 8.42 Å². The monoisotopic (exact) mass is 367 g/mol. The third kappa shape index (κ3) is 4.75. The summed E-state index contributed by atoms with van der Waals surface area (Å²) < 4.78 is 26.9. The van der Waals surface area contributed by atoms with Crippen LogP contribution in [-0.4, -0.2) is 25.8 Å². The van der Waals surface area contributed by atoms with Gasteiger partial charge in [0.05, 0.1) is 29.1 Å². The van der Waals surface area contributed by atoms with Gasteiger partial charge in [0.25, 0.3) is 0 Å². The van der Waals surface area contributed by atoms with Crippen molar-refractivity contribution in [2.75, 3.05) is 13.1 Å². The van der Waals surface area contributed by atoms with Crippen molar-refractivity contribution in [3.8, 4) is 36.0 Å². The number of thiophene rings is 1. The summed E-state index contributed by atoms with van der Waals surface area (Å²) >= 11 is 1.47. The summed E-state index contributed by atoms with van der Waals surface area (Å²) in [7, 11) is -3.66. The predicted molar refractivity (Wildman–Crippen MR) is 103 cm³/mol. The highest BCUT2D eigenvalue weighted by atomic mass is 32.2. The largest absolute Gasteiger partial charge is 0.244 e. The number of rotatable bonds is 4. The molecule has 0 atom stereocenters. The van der Waals surface area contributed by atoms with Crippen molar-refractivity contribution >= 4 is 21.4 Å². The summed E-state index contributed by atoms with van der Waals surface area (Å²) in [5.41, 5.74) is 2.46. The van der Waals surface area contributed by atoms with E-state index in [4.69, 9.17) is 6.42 Å². The Hall–Kier alpha value is -2.49. The van der Waals surface area contributed by atoms with Gasteiger partial charge in [-0.25, -0.2) is 8.42 Å². The van der Waals surface area contributed by atoms with Crippen molar-refractivity contribution in [2.45, 2.75) is 18.7 Å². The Balaban J connectivity index is 2.28. The van der Waals surface area contributed by atoms with Crippen LogP contribution >= 0.6 is 11.3 Å². The molecule has 0 aliphatic heterocycles. The summed E-state index contributed by atoms with van der Waals surface area (Å²) in [6, 6.07) is 6.74. The minimum Gasteiger partial charge on any atom is -0.207 e. The van der Waals surface area contributed by atoms with Crippen LogP contribution in [0.25, 0.3) is 0 Å². The Labute approximate surface area is 153 Å². The van der Waals surface area contributed by atoms with Crippen LogP contribution in [-0.2, 0) is 10.0 Å². The molecule has 126 valence electrons. The van der Waals surface area contributed by atoms with Crippen molar-refractivity contribution in [1.29, 1.82) is 0 Å². The maximum Gasteiger partial charge on any atom is 0.244 e. The molecular weight excluding hydrogens is 350 g/mol. The van der Waals surface area contributed by atoms with Gasteiger partial charge >= 0.3 is 0 Å². The molecular formula is C20H17NO2S2. The number of sulfonamides is 1. The first-order valence-electron chi connectivity index (χ1n) is 7.47. The van der Waals surface area contributed by atoms with Gasteiger partial charge in [-0.05, 0) is 26.0 Å². The summed E-state index contributed by atoms with van der Waals surface area (Å²) in [6.07, 6.45) is 5.41. The lowest BCUT2D eigenvalue weighted by atomic mass is 10.2. The molecule has 0 amide bonds. The van der Waals surface area contributed by atoms with Crippen molar-refractivity contribution < 1.29 is 8.42 Å². The molecule has 0 fully saturated rings. The van der Waals surface area contributed by atoms with E-state index in [1.54, 1.807) is 31.2 Å². The van der Waals surface area contributed by atoms with Gasteiger partial charge in [0.2, 0.25) is 10.0 Å². The molecule has 0 spiro atoms. The van der Waals surface area contributed by atoms with Crippen LogP contribution in [0.4, 0.5) is 0 Å². The average molecular weight is 367 g/mol. The number of nitrogens with zero attached hydrogens (tertiary/aromatic N) is 1. The Morgan fingerprint density at radius 2 is 1.72 bits per heavy atom. The maximum absolute atomic E-state index is 12.8. The zero-order valence-electron chi connectivity index (χ0n) is 14.0. The van der Waals surface area contributed by atoms with E-state index in [0.717, 1.165) is 16.7 Å². The fourth-order valence-electron chi connectivity index (χ4n) is 1.98. The molecule has 0 unspecified atom stereocenters. The molecule has 0 N–H and O–H groups in total. The fraction of sp³-hybridized carbons (Fsp3) is 0.200. The zero-order valence-corrected chi connectivity index (χ0v) is 15.7. The van der Waals surface area contributed by atoms with E-state index in [0.29, 0.717) is 0 Å². The van der Waals surface area contributed by atoms with Crippen LogP contribution in [0.3, 0.4) is 0 Å². The molecule has 0 saturated carbocycles. The number of hydrogen-bond donors (Lipinski definition) is 0. The van der Waals surface area contributed by atoms with Crippen LogP contribution < -0.4 is 0 Å². The molecule has 0 aliphatic carbocycles. The fourth-order valence-corrected chi connectivity index (χ4v) is 3.95. The first-order chi connectivity index (χ1) is 12.0. The number of hydrogen-bond acceptors (Lipinski definition) is 3. The van der Waals surface area contributed by atoms with E-state index in [2.05, 4.69) is 29.6 Å². The Morgan fingerprint density at radius 1 is 1.08 bits per heavy atom. The van der Waals surface area contributed by atoms with Gasteiger partial charge in [-0.2, -0.15) is 4.31 Å². The lowest BCUT2D eigenvalue weighted by molar-refractivity contribution is 0.482. The first kappa shape index (κ1) is 18.8. The molecule has 25 heavy (non-hydrogen) atoms. The van der Waals surface area contributed by atoms with Gasteiger partial charge in [0.1, 0.15) is 0 Å². The molecule has 0 saturated heterocycles. The molecule has 1 aromatic heterocycles. The van der Waals surface area contributed by atoms with Crippen LogP contribution in [0.1, 0.15) is 23.6 Å². The van der Waals surface area contributed by atoms with Gasteiger partial charge in [-0.15, -0.1) is 23.7 Å². The second-order valence-corrected chi connectivity index (χ2v) is 7.84. The van der Waals surface area contributed by atoms with Crippen LogP contribution in [0.2, 0.25) is 0 Å². The van der Waals surface area contributed by atoms with Crippen LogP contribution in [0.5, 0.6) is 0 Å². The van der Waals surface area contributed by atoms with Gasteiger partial charge in [0, 0.05) is 10.8 Å². The number of benzene rings is 1. The lowest BCUT2D eigenvalue weighted by Crippen LogP contribution is -2.32. The SMILES string of the molecule is C#Cc1cscc1C#CCN(CC#CC)S(=O)(=O)c1ccc(C)cc1. The maximum atomic E-state index is 12.8. The van der Waals surface area contributed by atoms with Gasteiger partial charge < -0.3 is 0 Å². The summed E-state index contributed by atoms with van der Waals surface area (Å²) in [6.45, 7) is 3.72. The molecule has 5 heteroatoms. The Bertz CT molecular complexity index is 1000. The summed E-state index contributed by atoms with van der Waals surface area (Å²) in [5.74, 6) is 13.9. The minimum atomic E-state index is -3.66. The molecule has 2 aromatic rings. The van der Waals surface area contributed by atoms with Crippen LogP contribution in [0, 0.1) is 42.9 Å². The average Bonchev–Trinajstić information content (AvgIpc) is 3.05. The topological polar surface area (TPSA) is 37.4 Å². The molecule has 0 radical (unpaired) electrons. The number of terminal acetylenes is 1. The van der Waals surface area contributed by atoms with E-state index in [-0.39, 0.29) is 18.0 Å². The third-order valence-electron chi connectivity index (χ3n) is 3.39. The highest BCUT2D eigenvalue weighted by Crippen LogP contribution is 2.16. The van der Waals surface area contributed by atoms with Crippen molar-refractivity contribution in [3.63, 3.8) is 0 Å².